The van der Waals surface area contributed by atoms with Gasteiger partial charge in [-0.2, -0.15) is 5.10 Å². The Balaban J connectivity index is 1.41. The average molecular weight is 404 g/mol. The van der Waals surface area contributed by atoms with Gasteiger partial charge in [0.2, 0.25) is 0 Å². The monoisotopic (exact) mass is 403 g/mol. The predicted octanol–water partition coefficient (Wildman–Crippen LogP) is 2.78. The molecule has 0 spiro atoms. The van der Waals surface area contributed by atoms with E-state index in [1.165, 1.54) is 11.3 Å². The maximum Gasteiger partial charge on any atom is 0.274 e. The van der Waals surface area contributed by atoms with E-state index < -0.39 is 0 Å². The van der Waals surface area contributed by atoms with E-state index in [2.05, 4.69) is 21.5 Å². The Bertz CT molecular complexity index is 984. The lowest BCUT2D eigenvalue weighted by molar-refractivity contribution is 0.0777. The van der Waals surface area contributed by atoms with E-state index in [4.69, 9.17) is 0 Å². The Morgan fingerprint density at radius 2 is 2.00 bits per heavy atom. The lowest BCUT2D eigenvalue weighted by Gasteiger charge is -2.25. The molecule has 3 aromatic rings. The van der Waals surface area contributed by atoms with Crippen molar-refractivity contribution in [2.45, 2.75) is 38.3 Å². The van der Waals surface area contributed by atoms with Gasteiger partial charge in [-0.3, -0.25) is 14.5 Å². The van der Waals surface area contributed by atoms with Crippen molar-refractivity contribution in [1.82, 2.24) is 25.0 Å². The molecule has 1 N–H and O–H groups in total. The van der Waals surface area contributed by atoms with Crippen LogP contribution in [0.4, 0.5) is 0 Å². The number of fused-ring (bicyclic) bond motifs is 1. The van der Waals surface area contributed by atoms with Crippen LogP contribution in [0.2, 0.25) is 0 Å². The second-order valence-corrected chi connectivity index (χ2v) is 8.05. The second-order valence-electron chi connectivity index (χ2n) is 8.05. The summed E-state index contributed by atoms with van der Waals surface area (Å²) in [5, 5.41) is 8.27. The Labute approximate surface area is 177 Å². The molecule has 0 aliphatic heterocycles. The summed E-state index contributed by atoms with van der Waals surface area (Å²) in [5.74, 6) is -0.00767. The molecule has 1 aliphatic rings. The van der Waals surface area contributed by atoms with E-state index in [1.54, 1.807) is 11.1 Å². The number of benzene rings is 1. The molecule has 0 fully saturated rings. The molecule has 6 heteroatoms. The third-order valence-corrected chi connectivity index (χ3v) is 5.84. The Kier molecular flexibility index (Phi) is 6.23. The zero-order valence-corrected chi connectivity index (χ0v) is 17.7. The molecule has 0 bridgehead atoms. The van der Waals surface area contributed by atoms with Crippen LogP contribution in [0, 0.1) is 0 Å². The highest BCUT2D eigenvalue weighted by molar-refractivity contribution is 5.94. The van der Waals surface area contributed by atoms with Crippen LogP contribution >= 0.6 is 0 Å². The summed E-state index contributed by atoms with van der Waals surface area (Å²) >= 11 is 0. The van der Waals surface area contributed by atoms with E-state index in [0.717, 1.165) is 43.4 Å². The molecular formula is C24H29N5O. The van der Waals surface area contributed by atoms with Crippen molar-refractivity contribution in [3.63, 3.8) is 0 Å². The highest BCUT2D eigenvalue weighted by atomic mass is 16.2. The minimum absolute atomic E-state index is 0.00767. The van der Waals surface area contributed by atoms with E-state index in [1.807, 2.05) is 61.4 Å². The van der Waals surface area contributed by atoms with Gasteiger partial charge in [-0.05, 0) is 49.4 Å². The number of nitrogens with zero attached hydrogens (tertiary/aromatic N) is 4. The molecular weight excluding hydrogens is 374 g/mol. The SMILES string of the molecule is CN(Cc1ccccc1)C(=O)c1nn(C)c2c1C[C@@H](NCCc1cccnc1)CC2. The lowest BCUT2D eigenvalue weighted by atomic mass is 9.91. The van der Waals surface area contributed by atoms with Crippen LogP contribution in [0.15, 0.2) is 54.9 Å². The first-order valence-corrected chi connectivity index (χ1v) is 10.6. The lowest BCUT2D eigenvalue weighted by Crippen LogP contribution is -2.37. The summed E-state index contributed by atoms with van der Waals surface area (Å²) in [7, 11) is 3.80. The van der Waals surface area contributed by atoms with Crippen LogP contribution in [-0.2, 0) is 32.9 Å². The summed E-state index contributed by atoms with van der Waals surface area (Å²) in [5.41, 5.74) is 5.25. The fraction of sp³-hybridized carbons (Fsp3) is 0.375. The normalized spacial score (nSPS) is 15.6. The number of aromatic nitrogens is 3. The van der Waals surface area contributed by atoms with E-state index >= 15 is 0 Å². The van der Waals surface area contributed by atoms with Crippen LogP contribution < -0.4 is 5.32 Å². The Hall–Kier alpha value is -2.99. The van der Waals surface area contributed by atoms with Crippen molar-refractivity contribution < 1.29 is 4.79 Å². The van der Waals surface area contributed by atoms with Gasteiger partial charge < -0.3 is 10.2 Å². The van der Waals surface area contributed by atoms with Crippen LogP contribution in [0.3, 0.4) is 0 Å². The molecule has 1 amide bonds. The van der Waals surface area contributed by atoms with Crippen molar-refractivity contribution in [3.05, 3.63) is 82.9 Å². The van der Waals surface area contributed by atoms with Crippen molar-refractivity contribution >= 4 is 5.91 Å². The van der Waals surface area contributed by atoms with E-state index in [9.17, 15) is 4.79 Å². The Morgan fingerprint density at radius 3 is 2.77 bits per heavy atom. The number of hydrogen-bond acceptors (Lipinski definition) is 4. The first-order chi connectivity index (χ1) is 14.6. The number of aryl methyl sites for hydroxylation is 1. The van der Waals surface area contributed by atoms with Crippen LogP contribution in [-0.4, -0.2) is 45.2 Å². The minimum atomic E-state index is -0.00767. The fourth-order valence-electron chi connectivity index (χ4n) is 4.21. The number of hydrogen-bond donors (Lipinski definition) is 1. The zero-order valence-electron chi connectivity index (χ0n) is 17.7. The number of carbonyl (C=O) groups excluding carboxylic acids is 1. The van der Waals surface area contributed by atoms with Gasteiger partial charge in [0, 0.05) is 50.3 Å². The summed E-state index contributed by atoms with van der Waals surface area (Å²) in [6.07, 6.45) is 7.52. The van der Waals surface area contributed by atoms with Gasteiger partial charge in [-0.15, -0.1) is 0 Å². The summed E-state index contributed by atoms with van der Waals surface area (Å²) in [6.45, 7) is 1.49. The molecule has 30 heavy (non-hydrogen) atoms. The first-order valence-electron chi connectivity index (χ1n) is 10.6. The average Bonchev–Trinajstić information content (AvgIpc) is 3.10. The largest absolute Gasteiger partial charge is 0.336 e. The second kappa shape index (κ2) is 9.22. The zero-order chi connectivity index (χ0) is 20.9. The molecule has 1 aromatic carbocycles. The summed E-state index contributed by atoms with van der Waals surface area (Å²) in [4.78, 5) is 19.1. The van der Waals surface area contributed by atoms with E-state index in [0.29, 0.717) is 18.3 Å². The van der Waals surface area contributed by atoms with Gasteiger partial charge in [0.05, 0.1) is 0 Å². The minimum Gasteiger partial charge on any atom is -0.336 e. The van der Waals surface area contributed by atoms with E-state index in [-0.39, 0.29) is 5.91 Å². The van der Waals surface area contributed by atoms with Crippen LogP contribution in [0.1, 0.15) is 39.3 Å². The van der Waals surface area contributed by atoms with Crippen LogP contribution in [0.5, 0.6) is 0 Å². The number of nitrogens with one attached hydrogen (secondary N) is 1. The predicted molar refractivity (Wildman–Crippen MR) is 117 cm³/mol. The van der Waals surface area contributed by atoms with Crippen molar-refractivity contribution in [2.24, 2.45) is 7.05 Å². The molecule has 2 heterocycles. The standard InChI is InChI=1S/C24H29N5O/c1-28(17-19-7-4-3-5-8-19)24(30)23-21-15-20(10-11-22(21)29(2)27-23)26-14-12-18-9-6-13-25-16-18/h3-9,13,16,20,26H,10-12,14-15,17H2,1-2H3/t20-/m0/s1. The first kappa shape index (κ1) is 20.3. The van der Waals surface area contributed by atoms with Gasteiger partial charge in [-0.25, -0.2) is 0 Å². The molecule has 1 atom stereocenters. The van der Waals surface area contributed by atoms with Crippen LogP contribution in [0.25, 0.3) is 0 Å². The maximum absolute atomic E-state index is 13.2. The highest BCUT2D eigenvalue weighted by Gasteiger charge is 2.29. The summed E-state index contributed by atoms with van der Waals surface area (Å²) in [6, 6.07) is 14.5. The number of rotatable bonds is 7. The van der Waals surface area contributed by atoms with Crippen molar-refractivity contribution in [2.75, 3.05) is 13.6 Å². The number of carbonyl (C=O) groups is 1. The van der Waals surface area contributed by atoms with Gasteiger partial charge in [0.25, 0.3) is 5.91 Å². The highest BCUT2D eigenvalue weighted by Crippen LogP contribution is 2.25. The molecule has 2 aromatic heterocycles. The third-order valence-electron chi connectivity index (χ3n) is 5.84. The molecule has 0 radical (unpaired) electrons. The van der Waals surface area contributed by atoms with Crippen molar-refractivity contribution in [1.29, 1.82) is 0 Å². The van der Waals surface area contributed by atoms with Gasteiger partial charge in [-0.1, -0.05) is 36.4 Å². The maximum atomic E-state index is 13.2. The number of amides is 1. The third kappa shape index (κ3) is 4.60. The molecule has 0 saturated carbocycles. The molecule has 0 saturated heterocycles. The Morgan fingerprint density at radius 1 is 1.20 bits per heavy atom. The molecule has 0 unspecified atom stereocenters. The molecule has 4 rings (SSSR count). The van der Waals surface area contributed by atoms with Crippen molar-refractivity contribution in [3.8, 4) is 0 Å². The molecule has 156 valence electrons. The number of pyridine rings is 1. The summed E-state index contributed by atoms with van der Waals surface area (Å²) < 4.78 is 1.89. The fourth-order valence-corrected chi connectivity index (χ4v) is 4.21. The topological polar surface area (TPSA) is 63.1 Å². The quantitative estimate of drug-likeness (QED) is 0.659. The molecule has 1 aliphatic carbocycles. The smallest absolute Gasteiger partial charge is 0.274 e. The van der Waals surface area contributed by atoms with Gasteiger partial charge >= 0.3 is 0 Å². The van der Waals surface area contributed by atoms with Gasteiger partial charge in [0.15, 0.2) is 5.69 Å². The molecule has 6 nitrogen and oxygen atoms in total. The van der Waals surface area contributed by atoms with Gasteiger partial charge in [0.1, 0.15) is 0 Å².